The highest BCUT2D eigenvalue weighted by atomic mass is 31.0. The van der Waals surface area contributed by atoms with E-state index in [0.717, 1.165) is 12.6 Å². The number of rotatable bonds is 4. The van der Waals surface area contributed by atoms with Gasteiger partial charge in [0.25, 0.3) is 0 Å². The van der Waals surface area contributed by atoms with Crippen molar-refractivity contribution >= 4 is 30.8 Å². The van der Waals surface area contributed by atoms with Crippen molar-refractivity contribution in [2.24, 2.45) is 0 Å². The van der Waals surface area contributed by atoms with Crippen LogP contribution < -0.4 is 0 Å². The van der Waals surface area contributed by atoms with Crippen LogP contribution in [0.1, 0.15) is 42.9 Å². The SMILES string of the molecule is CCC(C)c1cc2ccccc2c(-c2c(C)ccc3ccccc23)c1CP. The molecule has 0 aliphatic rings. The van der Waals surface area contributed by atoms with Crippen LogP contribution in [0.2, 0.25) is 0 Å². The highest BCUT2D eigenvalue weighted by Gasteiger charge is 2.19. The standard InChI is InChI=1S/C26H27P/c1-4-17(2)23-15-20-10-6-8-12-22(20)26(24(23)16-27)25-18(3)13-14-19-9-5-7-11-21(19)25/h5-15,17H,4,16,27H2,1-3H3. The van der Waals surface area contributed by atoms with Crippen LogP contribution in [-0.4, -0.2) is 0 Å². The van der Waals surface area contributed by atoms with Crippen molar-refractivity contribution in [1.29, 1.82) is 0 Å². The maximum atomic E-state index is 2.98. The number of hydrogen-bond acceptors (Lipinski definition) is 0. The predicted octanol–water partition coefficient (Wildman–Crippen LogP) is 7.86. The van der Waals surface area contributed by atoms with Gasteiger partial charge in [-0.25, -0.2) is 0 Å². The minimum atomic E-state index is 0.555. The molecule has 4 rings (SSSR count). The molecule has 0 amide bonds. The van der Waals surface area contributed by atoms with E-state index in [4.69, 9.17) is 0 Å². The zero-order valence-corrected chi connectivity index (χ0v) is 17.6. The van der Waals surface area contributed by atoms with Crippen molar-refractivity contribution in [1.82, 2.24) is 0 Å². The Labute approximate surface area is 164 Å². The number of hydrogen-bond donors (Lipinski definition) is 0. The van der Waals surface area contributed by atoms with Crippen LogP contribution in [-0.2, 0) is 6.16 Å². The Bertz CT molecular complexity index is 1120. The van der Waals surface area contributed by atoms with Gasteiger partial charge in [-0.3, -0.25) is 0 Å². The van der Waals surface area contributed by atoms with Gasteiger partial charge < -0.3 is 0 Å². The molecule has 0 aliphatic heterocycles. The monoisotopic (exact) mass is 370 g/mol. The molecule has 0 heterocycles. The highest BCUT2D eigenvalue weighted by Crippen LogP contribution is 2.43. The summed E-state index contributed by atoms with van der Waals surface area (Å²) in [5, 5.41) is 5.37. The Morgan fingerprint density at radius 3 is 2.11 bits per heavy atom. The minimum absolute atomic E-state index is 0.555. The Morgan fingerprint density at radius 2 is 1.44 bits per heavy atom. The molecule has 0 saturated carbocycles. The van der Waals surface area contributed by atoms with E-state index in [1.165, 1.54) is 49.4 Å². The van der Waals surface area contributed by atoms with Gasteiger partial charge in [0.05, 0.1) is 0 Å². The molecule has 0 aliphatic carbocycles. The van der Waals surface area contributed by atoms with Crippen LogP contribution in [0, 0.1) is 6.92 Å². The van der Waals surface area contributed by atoms with E-state index in [-0.39, 0.29) is 0 Å². The number of aryl methyl sites for hydroxylation is 1. The Kier molecular flexibility index (Phi) is 5.02. The summed E-state index contributed by atoms with van der Waals surface area (Å²) in [6.45, 7) is 6.89. The third-order valence-electron chi connectivity index (χ3n) is 5.93. The van der Waals surface area contributed by atoms with Gasteiger partial charge in [0, 0.05) is 0 Å². The molecule has 4 aromatic carbocycles. The van der Waals surface area contributed by atoms with Crippen LogP contribution in [0.5, 0.6) is 0 Å². The zero-order valence-electron chi connectivity index (χ0n) is 16.4. The van der Waals surface area contributed by atoms with Crippen molar-refractivity contribution in [3.8, 4) is 11.1 Å². The molecule has 4 aromatic rings. The summed E-state index contributed by atoms with van der Waals surface area (Å²) in [7, 11) is 2.98. The van der Waals surface area contributed by atoms with Crippen molar-refractivity contribution in [2.45, 2.75) is 39.3 Å². The molecule has 1 heteroatoms. The number of fused-ring (bicyclic) bond motifs is 2. The summed E-state index contributed by atoms with van der Waals surface area (Å²) in [5.41, 5.74) is 7.14. The van der Waals surface area contributed by atoms with Crippen LogP contribution in [0.15, 0.2) is 66.7 Å². The number of benzene rings is 4. The first-order chi connectivity index (χ1) is 13.2. The van der Waals surface area contributed by atoms with E-state index in [9.17, 15) is 0 Å². The molecule has 136 valence electrons. The lowest BCUT2D eigenvalue weighted by atomic mass is 9.82. The third-order valence-corrected chi connectivity index (χ3v) is 6.33. The highest BCUT2D eigenvalue weighted by molar-refractivity contribution is 7.15. The van der Waals surface area contributed by atoms with Crippen molar-refractivity contribution < 1.29 is 0 Å². The fraction of sp³-hybridized carbons (Fsp3) is 0.231. The van der Waals surface area contributed by atoms with Crippen molar-refractivity contribution in [3.05, 3.63) is 83.4 Å². The topological polar surface area (TPSA) is 0 Å². The predicted molar refractivity (Wildman–Crippen MR) is 124 cm³/mol. The van der Waals surface area contributed by atoms with Gasteiger partial charge in [-0.05, 0) is 74.8 Å². The molecule has 0 spiro atoms. The van der Waals surface area contributed by atoms with E-state index in [1.807, 2.05) is 0 Å². The third kappa shape index (κ3) is 3.07. The molecule has 0 fully saturated rings. The second-order valence-electron chi connectivity index (χ2n) is 7.53. The minimum Gasteiger partial charge on any atom is -0.133 e. The fourth-order valence-corrected chi connectivity index (χ4v) is 4.73. The molecule has 0 N–H and O–H groups in total. The average Bonchev–Trinajstić information content (AvgIpc) is 2.72. The molecule has 2 atom stereocenters. The zero-order chi connectivity index (χ0) is 19.0. The molecule has 2 unspecified atom stereocenters. The van der Waals surface area contributed by atoms with E-state index < -0.39 is 0 Å². The van der Waals surface area contributed by atoms with E-state index in [0.29, 0.717) is 5.92 Å². The maximum Gasteiger partial charge on any atom is -0.00581 e. The van der Waals surface area contributed by atoms with Crippen molar-refractivity contribution in [3.63, 3.8) is 0 Å². The first-order valence-corrected chi connectivity index (χ1v) is 10.7. The lowest BCUT2D eigenvalue weighted by Gasteiger charge is -2.23. The van der Waals surface area contributed by atoms with Gasteiger partial charge in [-0.2, -0.15) is 0 Å². The molecule has 0 radical (unpaired) electrons. The van der Waals surface area contributed by atoms with Gasteiger partial charge >= 0.3 is 0 Å². The van der Waals surface area contributed by atoms with Crippen LogP contribution in [0.4, 0.5) is 0 Å². The second-order valence-corrected chi connectivity index (χ2v) is 7.94. The first-order valence-electron chi connectivity index (χ1n) is 9.89. The van der Waals surface area contributed by atoms with E-state index in [2.05, 4.69) is 96.7 Å². The molecular formula is C26H27P. The van der Waals surface area contributed by atoms with Gasteiger partial charge in [0.1, 0.15) is 0 Å². The molecule has 0 saturated heterocycles. The molecule has 0 bridgehead atoms. The summed E-state index contributed by atoms with van der Waals surface area (Å²) in [6, 6.07) is 24.6. The molecule has 27 heavy (non-hydrogen) atoms. The van der Waals surface area contributed by atoms with Gasteiger partial charge in [0.2, 0.25) is 0 Å². The molecule has 0 aromatic heterocycles. The van der Waals surface area contributed by atoms with Gasteiger partial charge in [0.15, 0.2) is 0 Å². The van der Waals surface area contributed by atoms with Crippen LogP contribution in [0.25, 0.3) is 32.7 Å². The molecular weight excluding hydrogens is 343 g/mol. The Balaban J connectivity index is 2.21. The van der Waals surface area contributed by atoms with Crippen molar-refractivity contribution in [2.75, 3.05) is 0 Å². The largest absolute Gasteiger partial charge is 0.133 e. The van der Waals surface area contributed by atoms with Gasteiger partial charge in [-0.15, -0.1) is 9.24 Å². The summed E-state index contributed by atoms with van der Waals surface area (Å²) >= 11 is 0. The summed E-state index contributed by atoms with van der Waals surface area (Å²) in [4.78, 5) is 0. The van der Waals surface area contributed by atoms with Crippen LogP contribution in [0.3, 0.4) is 0 Å². The lowest BCUT2D eigenvalue weighted by Crippen LogP contribution is -2.02. The summed E-state index contributed by atoms with van der Waals surface area (Å²) < 4.78 is 0. The smallest absolute Gasteiger partial charge is 0.00581 e. The second kappa shape index (κ2) is 7.45. The normalized spacial score (nSPS) is 12.6. The molecule has 0 nitrogen and oxygen atoms in total. The quantitative estimate of drug-likeness (QED) is 0.321. The fourth-order valence-electron chi connectivity index (χ4n) is 4.29. The Hall–Kier alpha value is -2.17. The summed E-state index contributed by atoms with van der Waals surface area (Å²) in [6.07, 6.45) is 2.13. The first kappa shape index (κ1) is 18.2. The summed E-state index contributed by atoms with van der Waals surface area (Å²) in [5.74, 6) is 0.555. The van der Waals surface area contributed by atoms with E-state index >= 15 is 0 Å². The average molecular weight is 370 g/mol. The van der Waals surface area contributed by atoms with Crippen LogP contribution >= 0.6 is 9.24 Å². The lowest BCUT2D eigenvalue weighted by molar-refractivity contribution is 0.729. The Morgan fingerprint density at radius 1 is 0.815 bits per heavy atom. The maximum absolute atomic E-state index is 2.98. The van der Waals surface area contributed by atoms with Gasteiger partial charge in [-0.1, -0.05) is 80.6 Å². The van der Waals surface area contributed by atoms with E-state index in [1.54, 1.807) is 0 Å².